The Bertz CT molecular complexity index is 214. The highest BCUT2D eigenvalue weighted by Crippen LogP contribution is 2.09. The molecule has 0 atom stereocenters. The third-order valence-corrected chi connectivity index (χ3v) is 3.12. The molecular weight excluding hydrogens is 202 g/mol. The molecule has 0 aromatic heterocycles. The van der Waals surface area contributed by atoms with Gasteiger partial charge >= 0.3 is 0 Å². The van der Waals surface area contributed by atoms with Gasteiger partial charge in [-0.3, -0.25) is 9.69 Å². The summed E-state index contributed by atoms with van der Waals surface area (Å²) in [5.74, 6) is 1.04. The van der Waals surface area contributed by atoms with Crippen molar-refractivity contribution in [3.8, 4) is 0 Å². The van der Waals surface area contributed by atoms with Crippen LogP contribution in [-0.2, 0) is 4.79 Å². The first-order valence-corrected chi connectivity index (χ1v) is 6.26. The van der Waals surface area contributed by atoms with Crippen LogP contribution in [0.3, 0.4) is 0 Å². The second kappa shape index (κ2) is 6.86. The minimum Gasteiger partial charge on any atom is -0.348 e. The summed E-state index contributed by atoms with van der Waals surface area (Å²) in [5.41, 5.74) is 0. The molecule has 94 valence electrons. The van der Waals surface area contributed by atoms with Crippen LogP contribution in [0.1, 0.15) is 19.8 Å². The number of nitrogens with zero attached hydrogens (tertiary/aromatic N) is 2. The second-order valence-electron chi connectivity index (χ2n) is 4.88. The smallest absolute Gasteiger partial charge is 0.236 e. The molecule has 0 radical (unpaired) electrons. The average molecular weight is 227 g/mol. The van der Waals surface area contributed by atoms with Gasteiger partial charge in [-0.1, -0.05) is 6.92 Å². The molecule has 0 spiro atoms. The summed E-state index contributed by atoms with van der Waals surface area (Å²) in [4.78, 5) is 15.6. The normalized spacial score (nSPS) is 16.2. The zero-order chi connectivity index (χ0) is 12.0. The van der Waals surface area contributed by atoms with Crippen LogP contribution in [0.4, 0.5) is 0 Å². The molecule has 1 N–H and O–H groups in total. The van der Waals surface area contributed by atoms with E-state index in [2.05, 4.69) is 17.1 Å². The lowest BCUT2D eigenvalue weighted by Gasteiger charge is -2.30. The fraction of sp³-hybridized carbons (Fsp3) is 0.917. The predicted molar refractivity (Wildman–Crippen MR) is 66.4 cm³/mol. The lowest BCUT2D eigenvalue weighted by molar-refractivity contribution is -0.129. The first-order valence-electron chi connectivity index (χ1n) is 6.26. The third kappa shape index (κ3) is 4.49. The molecule has 0 saturated carbocycles. The van der Waals surface area contributed by atoms with Gasteiger partial charge in [0.05, 0.1) is 6.54 Å². The van der Waals surface area contributed by atoms with Gasteiger partial charge in [0.1, 0.15) is 0 Å². The van der Waals surface area contributed by atoms with Gasteiger partial charge in [-0.15, -0.1) is 0 Å². The molecule has 0 unspecified atom stereocenters. The van der Waals surface area contributed by atoms with E-state index < -0.39 is 0 Å². The summed E-state index contributed by atoms with van der Waals surface area (Å²) < 4.78 is 0. The number of amides is 1. The van der Waals surface area contributed by atoms with Crippen molar-refractivity contribution in [3.63, 3.8) is 0 Å². The van der Waals surface area contributed by atoms with Gasteiger partial charge in [-0.2, -0.15) is 0 Å². The summed E-state index contributed by atoms with van der Waals surface area (Å²) in [7, 11) is 3.64. The Morgan fingerprint density at radius 1 is 1.31 bits per heavy atom. The van der Waals surface area contributed by atoms with Crippen molar-refractivity contribution in [2.24, 2.45) is 5.92 Å². The van der Waals surface area contributed by atoms with Crippen molar-refractivity contribution in [1.82, 2.24) is 15.1 Å². The molecule has 1 saturated heterocycles. The number of hydrogen-bond acceptors (Lipinski definition) is 3. The molecule has 0 bridgehead atoms. The first-order chi connectivity index (χ1) is 7.63. The molecule has 1 fully saturated rings. The van der Waals surface area contributed by atoms with Crippen LogP contribution < -0.4 is 5.32 Å². The van der Waals surface area contributed by atoms with E-state index >= 15 is 0 Å². The van der Waals surface area contributed by atoms with Crippen LogP contribution in [0.2, 0.25) is 0 Å². The lowest BCUT2D eigenvalue weighted by atomic mass is 9.99. The number of likely N-dealkylation sites (N-methyl/N-ethyl adjacent to an activating group) is 1. The molecule has 1 amide bonds. The van der Waals surface area contributed by atoms with Crippen LogP contribution in [0.25, 0.3) is 0 Å². The van der Waals surface area contributed by atoms with Gasteiger partial charge in [0.25, 0.3) is 0 Å². The Kier molecular flexibility index (Phi) is 5.77. The highest BCUT2D eigenvalue weighted by molar-refractivity contribution is 5.77. The van der Waals surface area contributed by atoms with Gasteiger partial charge in [-0.05, 0) is 44.9 Å². The number of rotatable bonds is 7. The molecule has 1 aliphatic heterocycles. The Labute approximate surface area is 99.0 Å². The fourth-order valence-electron chi connectivity index (χ4n) is 1.84. The molecule has 0 aliphatic carbocycles. The monoisotopic (exact) mass is 227 g/mol. The summed E-state index contributed by atoms with van der Waals surface area (Å²) in [6.07, 6.45) is 2.33. The fourth-order valence-corrected chi connectivity index (χ4v) is 1.84. The van der Waals surface area contributed by atoms with Crippen molar-refractivity contribution >= 4 is 5.91 Å². The van der Waals surface area contributed by atoms with Crippen molar-refractivity contribution < 1.29 is 4.79 Å². The van der Waals surface area contributed by atoms with Crippen molar-refractivity contribution in [2.75, 3.05) is 46.8 Å². The molecule has 4 nitrogen and oxygen atoms in total. The van der Waals surface area contributed by atoms with Crippen LogP contribution in [0.5, 0.6) is 0 Å². The van der Waals surface area contributed by atoms with Crippen LogP contribution in [0, 0.1) is 5.92 Å². The summed E-state index contributed by atoms with van der Waals surface area (Å²) in [5, 5.41) is 3.28. The molecule has 1 aliphatic rings. The van der Waals surface area contributed by atoms with Gasteiger partial charge in [-0.25, -0.2) is 0 Å². The van der Waals surface area contributed by atoms with Gasteiger partial charge < -0.3 is 10.2 Å². The quantitative estimate of drug-likeness (QED) is 0.684. The zero-order valence-electron chi connectivity index (χ0n) is 10.8. The standard InChI is InChI=1S/C12H25N3O/c1-4-6-15(10-12(16)14(2)3)7-5-11-8-13-9-11/h11,13H,4-10H2,1-3H3. The van der Waals surface area contributed by atoms with Crippen molar-refractivity contribution in [2.45, 2.75) is 19.8 Å². The zero-order valence-corrected chi connectivity index (χ0v) is 10.8. The van der Waals surface area contributed by atoms with E-state index in [1.807, 2.05) is 14.1 Å². The third-order valence-electron chi connectivity index (χ3n) is 3.12. The highest BCUT2D eigenvalue weighted by Gasteiger charge is 2.18. The predicted octanol–water partition coefficient (Wildman–Crippen LogP) is 0.396. The largest absolute Gasteiger partial charge is 0.348 e. The van der Waals surface area contributed by atoms with Gasteiger partial charge in [0, 0.05) is 14.1 Å². The number of carbonyl (C=O) groups excluding carboxylic acids is 1. The summed E-state index contributed by atoms with van der Waals surface area (Å²) >= 11 is 0. The van der Waals surface area contributed by atoms with Crippen LogP contribution in [0.15, 0.2) is 0 Å². The maximum absolute atomic E-state index is 11.6. The molecular formula is C12H25N3O. The van der Waals surface area contributed by atoms with Crippen LogP contribution in [-0.4, -0.2) is 62.5 Å². The molecule has 1 rings (SSSR count). The maximum atomic E-state index is 11.6. The van der Waals surface area contributed by atoms with E-state index in [0.29, 0.717) is 6.54 Å². The van der Waals surface area contributed by atoms with Crippen molar-refractivity contribution in [3.05, 3.63) is 0 Å². The Morgan fingerprint density at radius 2 is 2.00 bits per heavy atom. The second-order valence-corrected chi connectivity index (χ2v) is 4.88. The van der Waals surface area contributed by atoms with Crippen molar-refractivity contribution in [1.29, 1.82) is 0 Å². The van der Waals surface area contributed by atoms with Gasteiger partial charge in [0.2, 0.25) is 5.91 Å². The first kappa shape index (κ1) is 13.5. The van der Waals surface area contributed by atoms with Crippen LogP contribution >= 0.6 is 0 Å². The van der Waals surface area contributed by atoms with Gasteiger partial charge in [0.15, 0.2) is 0 Å². The molecule has 0 aromatic carbocycles. The Balaban J connectivity index is 2.25. The molecule has 4 heteroatoms. The Morgan fingerprint density at radius 3 is 2.44 bits per heavy atom. The molecule has 16 heavy (non-hydrogen) atoms. The number of carbonyl (C=O) groups is 1. The molecule has 0 aromatic rings. The lowest BCUT2D eigenvalue weighted by Crippen LogP contribution is -2.44. The minimum atomic E-state index is 0.209. The van der Waals surface area contributed by atoms with E-state index in [9.17, 15) is 4.79 Å². The highest BCUT2D eigenvalue weighted by atomic mass is 16.2. The average Bonchev–Trinajstić information content (AvgIpc) is 2.15. The topological polar surface area (TPSA) is 35.6 Å². The number of nitrogens with one attached hydrogen (secondary N) is 1. The SMILES string of the molecule is CCCN(CCC1CNC1)CC(=O)N(C)C. The van der Waals surface area contributed by atoms with E-state index in [1.165, 1.54) is 6.42 Å². The van der Waals surface area contributed by atoms with E-state index in [4.69, 9.17) is 0 Å². The minimum absolute atomic E-state index is 0.209. The number of hydrogen-bond donors (Lipinski definition) is 1. The van der Waals surface area contributed by atoms with E-state index in [-0.39, 0.29) is 5.91 Å². The van der Waals surface area contributed by atoms with E-state index in [1.54, 1.807) is 4.90 Å². The van der Waals surface area contributed by atoms with E-state index in [0.717, 1.165) is 38.5 Å². The molecule has 1 heterocycles. The Hall–Kier alpha value is -0.610. The maximum Gasteiger partial charge on any atom is 0.236 e. The summed E-state index contributed by atoms with van der Waals surface area (Å²) in [6.45, 7) is 7.13. The summed E-state index contributed by atoms with van der Waals surface area (Å²) in [6, 6.07) is 0.